The van der Waals surface area contributed by atoms with Gasteiger partial charge in [-0.2, -0.15) is 5.10 Å². The quantitative estimate of drug-likeness (QED) is 0.614. The van der Waals surface area contributed by atoms with Gasteiger partial charge in [-0.3, -0.25) is 0 Å². The summed E-state index contributed by atoms with van der Waals surface area (Å²) in [6.45, 7) is 5.67. The molecular weight excluding hydrogens is 206 g/mol. The van der Waals surface area contributed by atoms with Crippen LogP contribution in [0.2, 0.25) is 0 Å². The molecule has 0 fully saturated rings. The molecule has 0 aromatic heterocycles. The number of hydrogen-bond acceptors (Lipinski definition) is 3. The van der Waals surface area contributed by atoms with Crippen molar-refractivity contribution in [2.24, 2.45) is 10.1 Å². The minimum atomic E-state index is 0.748. The van der Waals surface area contributed by atoms with Crippen molar-refractivity contribution in [3.8, 4) is 0 Å². The Hall–Kier alpha value is -0.900. The molecule has 0 radical (unpaired) electrons. The van der Waals surface area contributed by atoms with E-state index in [1.165, 1.54) is 6.34 Å². The molecule has 0 bridgehead atoms. The van der Waals surface area contributed by atoms with Crippen LogP contribution in [0.25, 0.3) is 0 Å². The number of allylic oxidation sites excluding steroid dienone is 2. The second kappa shape index (κ2) is 3.48. The molecule has 1 aliphatic rings. The van der Waals surface area contributed by atoms with Crippen LogP contribution in [-0.4, -0.2) is 17.6 Å². The molecule has 1 aliphatic heterocycles. The van der Waals surface area contributed by atoms with E-state index in [4.69, 9.17) is 0 Å². The summed E-state index contributed by atoms with van der Waals surface area (Å²) in [5.41, 5.74) is 0.748. The largest absolute Gasteiger partial charge is 0.241 e. The van der Waals surface area contributed by atoms with E-state index in [2.05, 4.69) is 32.6 Å². The van der Waals surface area contributed by atoms with Crippen molar-refractivity contribution >= 4 is 28.5 Å². The van der Waals surface area contributed by atoms with Crippen LogP contribution in [0.15, 0.2) is 33.1 Å². The van der Waals surface area contributed by atoms with Crippen molar-refractivity contribution in [3.05, 3.63) is 23.0 Å². The predicted molar refractivity (Wildman–Crippen MR) is 50.6 cm³/mol. The Balaban J connectivity index is 2.82. The molecule has 0 unspecified atom stereocenters. The lowest BCUT2D eigenvalue weighted by Gasteiger charge is -2.18. The van der Waals surface area contributed by atoms with Crippen molar-refractivity contribution in [1.82, 2.24) is 5.01 Å². The average Bonchev–Trinajstić information content (AvgIpc) is 2.04. The zero-order valence-corrected chi connectivity index (χ0v) is 7.74. The molecule has 4 heteroatoms. The van der Waals surface area contributed by atoms with Gasteiger partial charge in [-0.25, -0.2) is 10.0 Å². The van der Waals surface area contributed by atoms with E-state index in [1.54, 1.807) is 11.2 Å². The maximum absolute atomic E-state index is 3.98. The van der Waals surface area contributed by atoms with Crippen LogP contribution >= 0.6 is 15.9 Å². The lowest BCUT2D eigenvalue weighted by atomic mass is 10.5. The highest BCUT2D eigenvalue weighted by atomic mass is 79.9. The molecule has 0 aromatic rings. The van der Waals surface area contributed by atoms with E-state index >= 15 is 0 Å². The van der Waals surface area contributed by atoms with E-state index < -0.39 is 0 Å². The van der Waals surface area contributed by atoms with Gasteiger partial charge >= 0.3 is 0 Å². The molecule has 0 saturated carbocycles. The molecule has 11 heavy (non-hydrogen) atoms. The Labute approximate surface area is 73.9 Å². The van der Waals surface area contributed by atoms with Gasteiger partial charge in [-0.1, -0.05) is 12.7 Å². The van der Waals surface area contributed by atoms with E-state index in [1.807, 2.05) is 13.0 Å². The van der Waals surface area contributed by atoms with Gasteiger partial charge < -0.3 is 0 Å². The van der Waals surface area contributed by atoms with Crippen LogP contribution in [0, 0.1) is 0 Å². The smallest absolute Gasteiger partial charge is 0.136 e. The standard InChI is InChI=1S/C7H8BrN3/c1-3-7(8)11-6(2)4-9-5-10-11/h3-5H,2H2,1H3/b7-3-. The van der Waals surface area contributed by atoms with Gasteiger partial charge in [-0.15, -0.1) is 0 Å². The molecule has 3 nitrogen and oxygen atoms in total. The Bertz CT molecular complexity index is 250. The van der Waals surface area contributed by atoms with Crippen molar-refractivity contribution < 1.29 is 0 Å². The third-order valence-corrected chi connectivity index (χ3v) is 1.96. The molecule has 1 rings (SSSR count). The fourth-order valence-electron chi connectivity index (χ4n) is 0.644. The first-order valence-corrected chi connectivity index (χ1v) is 3.91. The normalized spacial score (nSPS) is 17.8. The minimum Gasteiger partial charge on any atom is -0.241 e. The first kappa shape index (κ1) is 8.20. The third-order valence-electron chi connectivity index (χ3n) is 1.17. The molecule has 0 saturated heterocycles. The van der Waals surface area contributed by atoms with Crippen molar-refractivity contribution in [2.75, 3.05) is 0 Å². The summed E-state index contributed by atoms with van der Waals surface area (Å²) < 4.78 is 0.866. The molecule has 58 valence electrons. The number of rotatable bonds is 1. The van der Waals surface area contributed by atoms with Gasteiger partial charge in [0, 0.05) is 0 Å². The Morgan fingerprint density at radius 1 is 1.82 bits per heavy atom. The zero-order valence-electron chi connectivity index (χ0n) is 6.16. The van der Waals surface area contributed by atoms with Crippen molar-refractivity contribution in [2.45, 2.75) is 6.92 Å². The molecule has 0 aliphatic carbocycles. The van der Waals surface area contributed by atoms with Crippen LogP contribution < -0.4 is 0 Å². The summed E-state index contributed by atoms with van der Waals surface area (Å²) in [6.07, 6.45) is 5.01. The molecule has 1 heterocycles. The average molecular weight is 214 g/mol. The topological polar surface area (TPSA) is 28.0 Å². The number of hydrazone groups is 1. The summed E-state index contributed by atoms with van der Waals surface area (Å²) in [6, 6.07) is 0. The van der Waals surface area contributed by atoms with E-state index in [9.17, 15) is 0 Å². The second-order valence-corrected chi connectivity index (χ2v) is 2.74. The number of halogens is 1. The minimum absolute atomic E-state index is 0.748. The second-order valence-electron chi connectivity index (χ2n) is 1.92. The summed E-state index contributed by atoms with van der Waals surface area (Å²) in [5, 5.41) is 5.64. The van der Waals surface area contributed by atoms with Crippen LogP contribution in [0.4, 0.5) is 0 Å². The van der Waals surface area contributed by atoms with Gasteiger partial charge in [0.15, 0.2) is 0 Å². The Morgan fingerprint density at radius 3 is 3.09 bits per heavy atom. The van der Waals surface area contributed by atoms with E-state index in [-0.39, 0.29) is 0 Å². The lowest BCUT2D eigenvalue weighted by molar-refractivity contribution is 0.515. The van der Waals surface area contributed by atoms with Gasteiger partial charge in [0.05, 0.1) is 11.9 Å². The Morgan fingerprint density at radius 2 is 2.55 bits per heavy atom. The molecule has 0 amide bonds. The monoisotopic (exact) mass is 213 g/mol. The van der Waals surface area contributed by atoms with Crippen LogP contribution in [-0.2, 0) is 0 Å². The summed E-state index contributed by atoms with van der Waals surface area (Å²) in [7, 11) is 0. The molecule has 0 spiro atoms. The maximum atomic E-state index is 3.98. The van der Waals surface area contributed by atoms with Crippen LogP contribution in [0.1, 0.15) is 6.92 Å². The fourth-order valence-corrected chi connectivity index (χ4v) is 0.964. The Kier molecular flexibility index (Phi) is 2.59. The van der Waals surface area contributed by atoms with Crippen molar-refractivity contribution in [3.63, 3.8) is 0 Å². The third kappa shape index (κ3) is 1.77. The zero-order chi connectivity index (χ0) is 8.27. The number of aliphatic imine (C=N–C) groups is 1. The predicted octanol–water partition coefficient (Wildman–Crippen LogP) is 2.09. The number of hydrogen-bond donors (Lipinski definition) is 0. The van der Waals surface area contributed by atoms with Gasteiger partial charge in [0.1, 0.15) is 10.9 Å². The molecule has 0 N–H and O–H groups in total. The molecule has 0 atom stereocenters. The number of nitrogens with zero attached hydrogens (tertiary/aromatic N) is 3. The van der Waals surface area contributed by atoms with Gasteiger partial charge in [0.25, 0.3) is 0 Å². The lowest BCUT2D eigenvalue weighted by Crippen LogP contribution is -2.15. The van der Waals surface area contributed by atoms with E-state index in [0.717, 1.165) is 10.3 Å². The molecule has 0 aromatic carbocycles. The van der Waals surface area contributed by atoms with Crippen LogP contribution in [0.3, 0.4) is 0 Å². The van der Waals surface area contributed by atoms with Gasteiger partial charge in [-0.05, 0) is 22.9 Å². The highest BCUT2D eigenvalue weighted by molar-refractivity contribution is 9.11. The van der Waals surface area contributed by atoms with E-state index in [0.29, 0.717) is 0 Å². The summed E-state index contributed by atoms with van der Waals surface area (Å²) in [4.78, 5) is 3.82. The van der Waals surface area contributed by atoms with Crippen LogP contribution in [0.5, 0.6) is 0 Å². The summed E-state index contributed by atoms with van der Waals surface area (Å²) in [5.74, 6) is 0. The fraction of sp³-hybridized carbons (Fsp3) is 0.143. The molecular formula is C7H8BrN3. The summed E-state index contributed by atoms with van der Waals surface area (Å²) >= 11 is 3.33. The first-order chi connectivity index (χ1) is 5.25. The first-order valence-electron chi connectivity index (χ1n) is 3.12. The van der Waals surface area contributed by atoms with Gasteiger partial charge in [0.2, 0.25) is 0 Å². The van der Waals surface area contributed by atoms with Crippen molar-refractivity contribution in [1.29, 1.82) is 0 Å². The highest BCUT2D eigenvalue weighted by Gasteiger charge is 2.08. The maximum Gasteiger partial charge on any atom is 0.136 e. The SMILES string of the molecule is C=C1C=NC=NN1/C(Br)=C\C. The highest BCUT2D eigenvalue weighted by Crippen LogP contribution is 2.17.